The summed E-state index contributed by atoms with van der Waals surface area (Å²) in [6.45, 7) is 0. The van der Waals surface area contributed by atoms with E-state index in [1.54, 1.807) is 0 Å². The number of carbonyl (C=O) groups is 1. The first kappa shape index (κ1) is 9.64. The molecule has 0 N–H and O–H groups in total. The zero-order valence-electron chi connectivity index (χ0n) is 7.01. The molecule has 4 heteroatoms. The minimum absolute atomic E-state index is 0.0355. The van der Waals surface area contributed by atoms with Crippen molar-refractivity contribution in [1.29, 1.82) is 0 Å². The van der Waals surface area contributed by atoms with Crippen molar-refractivity contribution in [2.24, 2.45) is 0 Å². The quantitative estimate of drug-likeness (QED) is 0.672. The van der Waals surface area contributed by atoms with Gasteiger partial charge in [0.15, 0.2) is 11.6 Å². The van der Waals surface area contributed by atoms with Crippen LogP contribution in [0.2, 0.25) is 0 Å². The molecule has 0 aliphatic rings. The Bertz CT molecular complexity index is 324. The summed E-state index contributed by atoms with van der Waals surface area (Å²) in [6.07, 6.45) is 0.386. The Morgan fingerprint density at radius 2 is 2.08 bits per heavy atom. The monoisotopic (exact) mass is 186 g/mol. The molecule has 0 bridgehead atoms. The van der Waals surface area contributed by atoms with Gasteiger partial charge >= 0.3 is 0 Å². The van der Waals surface area contributed by atoms with Crippen molar-refractivity contribution in [2.45, 2.75) is 6.42 Å². The summed E-state index contributed by atoms with van der Waals surface area (Å²) < 4.78 is 30.5. The molecule has 0 saturated carbocycles. The zero-order chi connectivity index (χ0) is 9.84. The molecule has 0 heterocycles. The molecule has 1 aromatic rings. The lowest BCUT2D eigenvalue weighted by atomic mass is 10.1. The summed E-state index contributed by atoms with van der Waals surface area (Å²) >= 11 is 0. The van der Waals surface area contributed by atoms with E-state index in [1.165, 1.54) is 7.11 Å². The van der Waals surface area contributed by atoms with Crippen molar-refractivity contribution < 1.29 is 18.3 Å². The number of aldehydes is 1. The van der Waals surface area contributed by atoms with E-state index in [9.17, 15) is 13.6 Å². The molecule has 0 atom stereocenters. The molecule has 70 valence electrons. The second-order valence-electron chi connectivity index (χ2n) is 2.45. The van der Waals surface area contributed by atoms with Crippen LogP contribution in [0.3, 0.4) is 0 Å². The number of benzene rings is 1. The summed E-state index contributed by atoms with van der Waals surface area (Å²) in [4.78, 5) is 10.1. The lowest BCUT2D eigenvalue weighted by Crippen LogP contribution is -1.96. The fraction of sp³-hybridized carbons (Fsp3) is 0.222. The highest BCUT2D eigenvalue weighted by molar-refractivity contribution is 5.55. The van der Waals surface area contributed by atoms with Gasteiger partial charge in [-0.3, -0.25) is 0 Å². The fourth-order valence-corrected chi connectivity index (χ4v) is 0.972. The maximum Gasteiger partial charge on any atom is 0.165 e. The Morgan fingerprint density at radius 3 is 2.62 bits per heavy atom. The predicted molar refractivity (Wildman–Crippen MR) is 42.7 cm³/mol. The van der Waals surface area contributed by atoms with Crippen LogP contribution in [0.15, 0.2) is 12.1 Å². The molecule has 13 heavy (non-hydrogen) atoms. The van der Waals surface area contributed by atoms with Crippen molar-refractivity contribution >= 4 is 6.29 Å². The molecule has 0 aliphatic heterocycles. The van der Waals surface area contributed by atoms with Crippen LogP contribution in [0, 0.1) is 11.6 Å². The molecule has 1 rings (SSSR count). The van der Waals surface area contributed by atoms with E-state index < -0.39 is 11.6 Å². The van der Waals surface area contributed by atoms with Crippen LogP contribution in [-0.2, 0) is 11.2 Å². The van der Waals surface area contributed by atoms with Gasteiger partial charge in [-0.25, -0.2) is 8.78 Å². The standard InChI is InChI=1S/C9H8F2O2/c1-13-9-5-7(10)6(2-3-12)4-8(9)11/h3-5H,2H2,1H3. The number of rotatable bonds is 3. The van der Waals surface area contributed by atoms with E-state index in [4.69, 9.17) is 0 Å². The van der Waals surface area contributed by atoms with Gasteiger partial charge in [0.25, 0.3) is 0 Å². The van der Waals surface area contributed by atoms with Gasteiger partial charge in [-0.2, -0.15) is 0 Å². The summed E-state index contributed by atoms with van der Waals surface area (Å²) in [5, 5.41) is 0. The summed E-state index contributed by atoms with van der Waals surface area (Å²) in [5.74, 6) is -1.46. The van der Waals surface area contributed by atoms with Crippen LogP contribution >= 0.6 is 0 Å². The number of ether oxygens (including phenoxy) is 1. The minimum Gasteiger partial charge on any atom is -0.494 e. The Morgan fingerprint density at radius 1 is 1.38 bits per heavy atom. The van der Waals surface area contributed by atoms with E-state index in [-0.39, 0.29) is 17.7 Å². The number of hydrogen-bond acceptors (Lipinski definition) is 2. The van der Waals surface area contributed by atoms with Crippen molar-refractivity contribution in [3.05, 3.63) is 29.3 Å². The van der Waals surface area contributed by atoms with Gasteiger partial charge in [-0.15, -0.1) is 0 Å². The summed E-state index contributed by atoms with van der Waals surface area (Å²) in [6, 6.07) is 1.89. The van der Waals surface area contributed by atoms with Crippen LogP contribution in [0.4, 0.5) is 8.78 Å². The van der Waals surface area contributed by atoms with Crippen LogP contribution < -0.4 is 4.74 Å². The minimum atomic E-state index is -0.666. The zero-order valence-corrected chi connectivity index (χ0v) is 7.01. The Balaban J connectivity index is 3.12. The first-order valence-corrected chi connectivity index (χ1v) is 3.64. The topological polar surface area (TPSA) is 26.3 Å². The molecule has 0 aliphatic carbocycles. The lowest BCUT2D eigenvalue weighted by Gasteiger charge is -2.04. The van der Waals surface area contributed by atoms with Gasteiger partial charge in [0, 0.05) is 12.5 Å². The maximum absolute atomic E-state index is 13.0. The lowest BCUT2D eigenvalue weighted by molar-refractivity contribution is -0.107. The van der Waals surface area contributed by atoms with Crippen LogP contribution in [0.1, 0.15) is 5.56 Å². The van der Waals surface area contributed by atoms with Crippen LogP contribution in [-0.4, -0.2) is 13.4 Å². The molecular formula is C9H8F2O2. The molecule has 2 nitrogen and oxygen atoms in total. The van der Waals surface area contributed by atoms with Gasteiger partial charge in [0.2, 0.25) is 0 Å². The van der Waals surface area contributed by atoms with Crippen LogP contribution in [0.25, 0.3) is 0 Å². The average molecular weight is 186 g/mol. The van der Waals surface area contributed by atoms with E-state index in [2.05, 4.69) is 4.74 Å². The number of hydrogen-bond donors (Lipinski definition) is 0. The molecule has 0 saturated heterocycles. The Hall–Kier alpha value is -1.45. The summed E-state index contributed by atoms with van der Waals surface area (Å²) in [5.41, 5.74) is 0.0355. The van der Waals surface area contributed by atoms with E-state index in [1.807, 2.05) is 0 Å². The molecule has 0 aromatic heterocycles. The fourth-order valence-electron chi connectivity index (χ4n) is 0.972. The highest BCUT2D eigenvalue weighted by Crippen LogP contribution is 2.20. The maximum atomic E-state index is 13.0. The number of methoxy groups -OCH3 is 1. The van der Waals surface area contributed by atoms with E-state index in [0.29, 0.717) is 6.29 Å². The highest BCUT2D eigenvalue weighted by atomic mass is 19.1. The largest absolute Gasteiger partial charge is 0.494 e. The Kier molecular flexibility index (Phi) is 2.95. The van der Waals surface area contributed by atoms with Crippen molar-refractivity contribution in [1.82, 2.24) is 0 Å². The molecule has 0 radical (unpaired) electrons. The molecular weight excluding hydrogens is 178 g/mol. The third-order valence-electron chi connectivity index (χ3n) is 1.62. The number of carbonyl (C=O) groups excluding carboxylic acids is 1. The normalized spacial score (nSPS) is 9.77. The van der Waals surface area contributed by atoms with Gasteiger partial charge in [-0.1, -0.05) is 0 Å². The second-order valence-corrected chi connectivity index (χ2v) is 2.45. The second kappa shape index (κ2) is 3.98. The first-order valence-electron chi connectivity index (χ1n) is 3.64. The van der Waals surface area contributed by atoms with Gasteiger partial charge in [0.1, 0.15) is 12.1 Å². The van der Waals surface area contributed by atoms with Crippen molar-refractivity contribution in [3.8, 4) is 5.75 Å². The smallest absolute Gasteiger partial charge is 0.165 e. The average Bonchev–Trinajstić information content (AvgIpc) is 2.11. The number of halogens is 2. The van der Waals surface area contributed by atoms with Gasteiger partial charge < -0.3 is 9.53 Å². The van der Waals surface area contributed by atoms with Gasteiger partial charge in [-0.05, 0) is 11.6 Å². The van der Waals surface area contributed by atoms with Crippen molar-refractivity contribution in [3.63, 3.8) is 0 Å². The third kappa shape index (κ3) is 2.02. The molecule has 0 unspecified atom stereocenters. The first-order chi connectivity index (χ1) is 6.19. The molecule has 1 aromatic carbocycles. The van der Waals surface area contributed by atoms with Crippen LogP contribution in [0.5, 0.6) is 5.75 Å². The highest BCUT2D eigenvalue weighted by Gasteiger charge is 2.09. The summed E-state index contributed by atoms with van der Waals surface area (Å²) in [7, 11) is 1.25. The Labute approximate surface area is 74.1 Å². The molecule has 0 spiro atoms. The SMILES string of the molecule is COc1cc(F)c(CC=O)cc1F. The predicted octanol–water partition coefficient (Wildman–Crippen LogP) is 1.71. The molecule has 0 amide bonds. The van der Waals surface area contributed by atoms with E-state index in [0.717, 1.165) is 12.1 Å². The van der Waals surface area contributed by atoms with Crippen molar-refractivity contribution in [2.75, 3.05) is 7.11 Å². The van der Waals surface area contributed by atoms with E-state index >= 15 is 0 Å². The molecule has 0 fully saturated rings. The third-order valence-corrected chi connectivity index (χ3v) is 1.62. The van der Waals surface area contributed by atoms with Gasteiger partial charge in [0.05, 0.1) is 7.11 Å².